The van der Waals surface area contributed by atoms with Crippen molar-refractivity contribution in [2.45, 2.75) is 32.5 Å². The molecule has 0 fully saturated rings. The van der Waals surface area contributed by atoms with Gasteiger partial charge in [0.25, 0.3) is 0 Å². The number of nitrogens with one attached hydrogen (secondary N) is 1. The fraction of sp³-hybridized carbons (Fsp3) is 0.375. The lowest BCUT2D eigenvalue weighted by molar-refractivity contribution is 0.190. The van der Waals surface area contributed by atoms with Crippen LogP contribution in [0.2, 0.25) is 0 Å². The van der Waals surface area contributed by atoms with Crippen molar-refractivity contribution in [1.29, 1.82) is 0 Å². The second kappa shape index (κ2) is 9.85. The Morgan fingerprint density at radius 2 is 1.84 bits per heavy atom. The second-order valence-electron chi connectivity index (χ2n) is 7.87. The molecule has 4 rings (SSSR count). The number of hydrogen-bond donors (Lipinski definition) is 1. The van der Waals surface area contributed by atoms with Gasteiger partial charge in [0.15, 0.2) is 5.82 Å². The zero-order valence-corrected chi connectivity index (χ0v) is 18.3. The van der Waals surface area contributed by atoms with Crippen LogP contribution in [0, 0.1) is 0 Å². The van der Waals surface area contributed by atoms with Crippen LogP contribution < -0.4 is 10.1 Å². The van der Waals surface area contributed by atoms with E-state index in [4.69, 9.17) is 19.4 Å². The largest absolute Gasteiger partial charge is 0.497 e. The van der Waals surface area contributed by atoms with E-state index in [0.29, 0.717) is 6.61 Å². The van der Waals surface area contributed by atoms with Gasteiger partial charge in [0.05, 0.1) is 19.4 Å². The summed E-state index contributed by atoms with van der Waals surface area (Å²) in [4.78, 5) is 16.4. The lowest BCUT2D eigenvalue weighted by atomic mass is 10.0. The molecule has 1 aromatic carbocycles. The van der Waals surface area contributed by atoms with Crippen LogP contribution in [0.25, 0.3) is 11.4 Å². The van der Waals surface area contributed by atoms with E-state index in [0.717, 1.165) is 54.7 Å². The van der Waals surface area contributed by atoms with Gasteiger partial charge in [-0.1, -0.05) is 12.1 Å². The highest BCUT2D eigenvalue weighted by Gasteiger charge is 2.24. The van der Waals surface area contributed by atoms with E-state index in [9.17, 15) is 0 Å². The smallest absolute Gasteiger partial charge is 0.161 e. The summed E-state index contributed by atoms with van der Waals surface area (Å²) in [5.41, 5.74) is 4.52. The van der Waals surface area contributed by atoms with Crippen molar-refractivity contribution in [2.24, 2.45) is 0 Å². The normalized spacial score (nSPS) is 14.7. The van der Waals surface area contributed by atoms with Gasteiger partial charge in [0, 0.05) is 62.7 Å². The Morgan fingerprint density at radius 1 is 1.06 bits per heavy atom. The number of benzene rings is 1. The fourth-order valence-electron chi connectivity index (χ4n) is 3.87. The minimum atomic E-state index is 0.145. The summed E-state index contributed by atoms with van der Waals surface area (Å²) in [7, 11) is 3.41. The van der Waals surface area contributed by atoms with Gasteiger partial charge in [0.1, 0.15) is 11.6 Å². The van der Waals surface area contributed by atoms with Crippen LogP contribution in [0.15, 0.2) is 48.8 Å². The predicted octanol–water partition coefficient (Wildman–Crippen LogP) is 3.55. The molecule has 1 atom stereocenters. The van der Waals surface area contributed by atoms with E-state index in [1.54, 1.807) is 26.6 Å². The quantitative estimate of drug-likeness (QED) is 0.599. The van der Waals surface area contributed by atoms with Gasteiger partial charge >= 0.3 is 0 Å². The Morgan fingerprint density at radius 3 is 2.55 bits per heavy atom. The molecule has 2 aromatic heterocycles. The van der Waals surface area contributed by atoms with Crippen LogP contribution in [0.1, 0.15) is 23.7 Å². The molecule has 0 aliphatic carbocycles. The van der Waals surface area contributed by atoms with Crippen molar-refractivity contribution in [3.63, 3.8) is 0 Å². The lowest BCUT2D eigenvalue weighted by Gasteiger charge is -2.30. The van der Waals surface area contributed by atoms with Crippen molar-refractivity contribution >= 4 is 5.82 Å². The molecule has 162 valence electrons. The third-order valence-electron chi connectivity index (χ3n) is 5.44. The number of fused-ring (bicyclic) bond motifs is 1. The number of rotatable bonds is 8. The average molecular weight is 420 g/mol. The van der Waals surface area contributed by atoms with Crippen LogP contribution in [0.5, 0.6) is 5.75 Å². The summed E-state index contributed by atoms with van der Waals surface area (Å²) in [6.07, 6.45) is 4.43. The van der Waals surface area contributed by atoms with Crippen LogP contribution in [0.4, 0.5) is 5.82 Å². The minimum Gasteiger partial charge on any atom is -0.497 e. The molecule has 7 nitrogen and oxygen atoms in total. The van der Waals surface area contributed by atoms with Crippen molar-refractivity contribution in [3.05, 3.63) is 65.6 Å². The Balaban J connectivity index is 1.60. The molecule has 0 bridgehead atoms. The van der Waals surface area contributed by atoms with Crippen LogP contribution in [0.3, 0.4) is 0 Å². The van der Waals surface area contributed by atoms with Gasteiger partial charge < -0.3 is 14.8 Å². The van der Waals surface area contributed by atoms with Gasteiger partial charge in [-0.05, 0) is 36.8 Å². The first-order valence-electron chi connectivity index (χ1n) is 10.6. The van der Waals surface area contributed by atoms with E-state index in [-0.39, 0.29) is 6.04 Å². The van der Waals surface area contributed by atoms with Crippen molar-refractivity contribution in [2.75, 3.05) is 32.7 Å². The maximum absolute atomic E-state index is 5.32. The molecule has 0 radical (unpaired) electrons. The SMILES string of the molecule is COCC(C)Nc1nc(-c2ccncc2)nc2c1CN(Cc1ccc(OC)cc1)CC2. The molecular weight excluding hydrogens is 390 g/mol. The van der Waals surface area contributed by atoms with E-state index in [1.807, 2.05) is 24.3 Å². The first kappa shape index (κ1) is 21.2. The van der Waals surface area contributed by atoms with Gasteiger partial charge in [-0.3, -0.25) is 9.88 Å². The monoisotopic (exact) mass is 419 g/mol. The standard InChI is InChI=1S/C24H29N5O2/c1-17(16-30-2)26-24-21-15-29(14-18-4-6-20(31-3)7-5-18)13-10-22(21)27-23(28-24)19-8-11-25-12-9-19/h4-9,11-12,17H,10,13-16H2,1-3H3,(H,26,27,28). The third kappa shape index (κ3) is 5.18. The number of anilines is 1. The van der Waals surface area contributed by atoms with Gasteiger partial charge in [-0.25, -0.2) is 9.97 Å². The Bertz CT molecular complexity index is 995. The highest BCUT2D eigenvalue weighted by Crippen LogP contribution is 2.28. The number of nitrogens with zero attached hydrogens (tertiary/aromatic N) is 4. The van der Waals surface area contributed by atoms with E-state index >= 15 is 0 Å². The summed E-state index contributed by atoms with van der Waals surface area (Å²) in [5.74, 6) is 2.50. The molecule has 1 aliphatic rings. The number of aromatic nitrogens is 3. The number of hydrogen-bond acceptors (Lipinski definition) is 7. The van der Waals surface area contributed by atoms with Crippen LogP contribution >= 0.6 is 0 Å². The van der Waals surface area contributed by atoms with E-state index in [1.165, 1.54) is 11.1 Å². The van der Waals surface area contributed by atoms with E-state index < -0.39 is 0 Å². The topological polar surface area (TPSA) is 72.4 Å². The highest BCUT2D eigenvalue weighted by molar-refractivity contribution is 5.60. The molecule has 7 heteroatoms. The van der Waals surface area contributed by atoms with Gasteiger partial charge in [-0.15, -0.1) is 0 Å². The molecule has 3 aromatic rings. The Kier molecular flexibility index (Phi) is 6.74. The maximum Gasteiger partial charge on any atom is 0.161 e. The average Bonchev–Trinajstić information content (AvgIpc) is 2.80. The summed E-state index contributed by atoms with van der Waals surface area (Å²) in [5, 5.41) is 3.55. The number of methoxy groups -OCH3 is 2. The molecule has 0 saturated heterocycles. The molecule has 31 heavy (non-hydrogen) atoms. The molecular formula is C24H29N5O2. The van der Waals surface area contributed by atoms with E-state index in [2.05, 4.69) is 34.3 Å². The third-order valence-corrected chi connectivity index (χ3v) is 5.44. The first-order chi connectivity index (χ1) is 15.2. The molecule has 1 N–H and O–H groups in total. The van der Waals surface area contributed by atoms with Crippen molar-refractivity contribution < 1.29 is 9.47 Å². The molecule has 0 amide bonds. The predicted molar refractivity (Wildman–Crippen MR) is 121 cm³/mol. The zero-order chi connectivity index (χ0) is 21.6. The number of pyridine rings is 1. The van der Waals surface area contributed by atoms with Gasteiger partial charge in [0.2, 0.25) is 0 Å². The summed E-state index contributed by atoms with van der Waals surface area (Å²) >= 11 is 0. The molecule has 3 heterocycles. The molecule has 1 unspecified atom stereocenters. The summed E-state index contributed by atoms with van der Waals surface area (Å²) in [6, 6.07) is 12.3. The molecule has 1 aliphatic heterocycles. The van der Waals surface area contributed by atoms with Gasteiger partial charge in [-0.2, -0.15) is 0 Å². The highest BCUT2D eigenvalue weighted by atomic mass is 16.5. The van der Waals surface area contributed by atoms with Crippen LogP contribution in [-0.2, 0) is 24.2 Å². The Hall–Kier alpha value is -3.03. The van der Waals surface area contributed by atoms with Crippen molar-refractivity contribution in [3.8, 4) is 17.1 Å². The summed E-state index contributed by atoms with van der Waals surface area (Å²) < 4.78 is 10.6. The first-order valence-corrected chi connectivity index (χ1v) is 10.6. The molecule has 0 saturated carbocycles. The molecule has 0 spiro atoms. The van der Waals surface area contributed by atoms with Crippen LogP contribution in [-0.4, -0.2) is 53.3 Å². The zero-order valence-electron chi connectivity index (χ0n) is 18.3. The fourth-order valence-corrected chi connectivity index (χ4v) is 3.87. The van der Waals surface area contributed by atoms with Crippen molar-refractivity contribution in [1.82, 2.24) is 19.9 Å². The Labute approximate surface area is 183 Å². The lowest BCUT2D eigenvalue weighted by Crippen LogP contribution is -2.33. The number of ether oxygens (including phenoxy) is 2. The minimum absolute atomic E-state index is 0.145. The summed E-state index contributed by atoms with van der Waals surface area (Å²) in [6.45, 7) is 5.35. The second-order valence-corrected chi connectivity index (χ2v) is 7.87. The maximum atomic E-state index is 5.32.